The number of fused-ring (bicyclic) bond motifs is 3. The van der Waals surface area contributed by atoms with Crippen molar-refractivity contribution >= 4 is 22.3 Å². The van der Waals surface area contributed by atoms with Crippen molar-refractivity contribution in [2.45, 2.75) is 33.1 Å². The van der Waals surface area contributed by atoms with Gasteiger partial charge in [-0.2, -0.15) is 0 Å². The van der Waals surface area contributed by atoms with Gasteiger partial charge in [0, 0.05) is 23.3 Å². The number of nitrogens with zero attached hydrogens (tertiary/aromatic N) is 2. The monoisotopic (exact) mass is 394 g/mol. The van der Waals surface area contributed by atoms with E-state index in [-0.39, 0.29) is 0 Å². The molecular formula is C27H26N2O. The Labute approximate surface area is 178 Å². The number of hydrogen-bond acceptors (Lipinski definition) is 3. The van der Waals surface area contributed by atoms with Crippen molar-refractivity contribution in [2.75, 3.05) is 11.4 Å². The first-order valence-corrected chi connectivity index (χ1v) is 10.8. The first-order valence-electron chi connectivity index (χ1n) is 10.8. The second-order valence-corrected chi connectivity index (χ2v) is 7.94. The van der Waals surface area contributed by atoms with Gasteiger partial charge >= 0.3 is 0 Å². The number of anilines is 2. The van der Waals surface area contributed by atoms with Gasteiger partial charge in [0.15, 0.2) is 0 Å². The highest BCUT2D eigenvalue weighted by Crippen LogP contribution is 2.42. The van der Waals surface area contributed by atoms with Crippen molar-refractivity contribution < 1.29 is 4.74 Å². The molecule has 30 heavy (non-hydrogen) atoms. The van der Waals surface area contributed by atoms with Crippen molar-refractivity contribution in [2.24, 2.45) is 0 Å². The van der Waals surface area contributed by atoms with Crippen LogP contribution in [0.25, 0.3) is 10.9 Å². The molecule has 5 rings (SSSR count). The number of para-hydroxylation sites is 1. The van der Waals surface area contributed by atoms with Crippen LogP contribution >= 0.6 is 0 Å². The SMILES string of the molecule is CCCc1ccc(N2CCc3c(C)nc4ccc(Oc5ccccc5)cc4c32)cc1. The molecule has 3 nitrogen and oxygen atoms in total. The first kappa shape index (κ1) is 18.7. The topological polar surface area (TPSA) is 25.4 Å². The fourth-order valence-electron chi connectivity index (χ4n) is 4.40. The molecule has 0 N–H and O–H groups in total. The standard InChI is InChI=1S/C27H26N2O/c1-3-7-20-10-12-21(13-11-20)29-17-16-24-19(2)28-26-15-14-23(18-25(26)27(24)29)30-22-8-5-4-6-9-22/h4-6,8-15,18H,3,7,16-17H2,1-2H3. The quantitative estimate of drug-likeness (QED) is 0.365. The summed E-state index contributed by atoms with van der Waals surface area (Å²) in [5.74, 6) is 1.68. The molecule has 1 aliphatic rings. The molecule has 3 aromatic carbocycles. The van der Waals surface area contributed by atoms with E-state index in [0.29, 0.717) is 0 Å². The highest BCUT2D eigenvalue weighted by atomic mass is 16.5. The van der Waals surface area contributed by atoms with Gasteiger partial charge in [-0.25, -0.2) is 0 Å². The van der Waals surface area contributed by atoms with Crippen LogP contribution in [-0.4, -0.2) is 11.5 Å². The lowest BCUT2D eigenvalue weighted by molar-refractivity contribution is 0.483. The minimum Gasteiger partial charge on any atom is -0.457 e. The molecule has 2 heterocycles. The Kier molecular flexibility index (Phi) is 4.88. The molecule has 0 aliphatic carbocycles. The van der Waals surface area contributed by atoms with E-state index in [1.54, 1.807) is 0 Å². The van der Waals surface area contributed by atoms with Crippen LogP contribution in [0.3, 0.4) is 0 Å². The lowest BCUT2D eigenvalue weighted by atomic mass is 10.1. The summed E-state index contributed by atoms with van der Waals surface area (Å²) in [7, 11) is 0. The van der Waals surface area contributed by atoms with Crippen molar-refractivity contribution in [1.29, 1.82) is 0 Å². The average molecular weight is 395 g/mol. The zero-order valence-electron chi connectivity index (χ0n) is 17.6. The fraction of sp³-hybridized carbons (Fsp3) is 0.222. The summed E-state index contributed by atoms with van der Waals surface area (Å²) < 4.78 is 6.11. The number of rotatable bonds is 5. The zero-order chi connectivity index (χ0) is 20.5. The van der Waals surface area contributed by atoms with Gasteiger partial charge in [-0.05, 0) is 73.4 Å². The Hall–Kier alpha value is -3.33. The van der Waals surface area contributed by atoms with E-state index in [9.17, 15) is 0 Å². The number of hydrogen-bond donors (Lipinski definition) is 0. The predicted octanol–water partition coefficient (Wildman–Crippen LogP) is 6.98. The van der Waals surface area contributed by atoms with Gasteiger partial charge in [0.2, 0.25) is 0 Å². The Morgan fingerprint density at radius 3 is 2.50 bits per heavy atom. The maximum absolute atomic E-state index is 6.11. The molecule has 150 valence electrons. The van der Waals surface area contributed by atoms with Gasteiger partial charge in [-0.1, -0.05) is 43.7 Å². The third-order valence-electron chi connectivity index (χ3n) is 5.85. The van der Waals surface area contributed by atoms with E-state index >= 15 is 0 Å². The molecular weight excluding hydrogens is 368 g/mol. The summed E-state index contributed by atoms with van der Waals surface area (Å²) >= 11 is 0. The molecule has 3 heteroatoms. The van der Waals surface area contributed by atoms with Crippen molar-refractivity contribution in [1.82, 2.24) is 4.98 Å². The molecule has 0 amide bonds. The maximum Gasteiger partial charge on any atom is 0.128 e. The molecule has 0 fully saturated rings. The van der Waals surface area contributed by atoms with E-state index in [1.807, 2.05) is 36.4 Å². The molecule has 1 aromatic heterocycles. The van der Waals surface area contributed by atoms with Crippen molar-refractivity contribution in [3.05, 3.63) is 89.6 Å². The Morgan fingerprint density at radius 2 is 1.73 bits per heavy atom. The largest absolute Gasteiger partial charge is 0.457 e. The number of aromatic nitrogens is 1. The van der Waals surface area contributed by atoms with Crippen LogP contribution < -0.4 is 9.64 Å². The van der Waals surface area contributed by atoms with Gasteiger partial charge < -0.3 is 9.64 Å². The lowest BCUT2D eigenvalue weighted by Gasteiger charge is -2.22. The summed E-state index contributed by atoms with van der Waals surface area (Å²) in [4.78, 5) is 7.32. The predicted molar refractivity (Wildman–Crippen MR) is 124 cm³/mol. The lowest BCUT2D eigenvalue weighted by Crippen LogP contribution is -2.13. The second-order valence-electron chi connectivity index (χ2n) is 7.94. The fourth-order valence-corrected chi connectivity index (χ4v) is 4.40. The minimum atomic E-state index is 0.840. The van der Waals surface area contributed by atoms with Crippen molar-refractivity contribution in [3.8, 4) is 11.5 Å². The van der Waals surface area contributed by atoms with Crippen LogP contribution in [0.2, 0.25) is 0 Å². The van der Waals surface area contributed by atoms with Gasteiger partial charge in [0.1, 0.15) is 11.5 Å². The van der Waals surface area contributed by atoms with Crippen molar-refractivity contribution in [3.63, 3.8) is 0 Å². The highest BCUT2D eigenvalue weighted by Gasteiger charge is 2.26. The molecule has 0 saturated carbocycles. The summed E-state index contributed by atoms with van der Waals surface area (Å²) in [5.41, 5.74) is 7.40. The van der Waals surface area contributed by atoms with Crippen LogP contribution in [0, 0.1) is 6.92 Å². The third kappa shape index (κ3) is 3.41. The zero-order valence-corrected chi connectivity index (χ0v) is 17.6. The molecule has 4 aromatic rings. The van der Waals surface area contributed by atoms with Gasteiger partial charge in [0.05, 0.1) is 11.2 Å². The maximum atomic E-state index is 6.11. The molecule has 1 aliphatic heterocycles. The number of ether oxygens (including phenoxy) is 1. The van der Waals surface area contributed by atoms with Crippen LogP contribution in [0.1, 0.15) is 30.2 Å². The average Bonchev–Trinajstić information content (AvgIpc) is 3.22. The number of aryl methyl sites for hydroxylation is 2. The van der Waals surface area contributed by atoms with Crippen LogP contribution in [0.4, 0.5) is 11.4 Å². The normalized spacial score (nSPS) is 12.9. The molecule has 0 unspecified atom stereocenters. The van der Waals surface area contributed by atoms with Gasteiger partial charge in [-0.3, -0.25) is 4.98 Å². The third-order valence-corrected chi connectivity index (χ3v) is 5.85. The summed E-state index contributed by atoms with van der Waals surface area (Å²) in [6, 6.07) is 25.2. The molecule has 0 atom stereocenters. The van der Waals surface area contributed by atoms with E-state index < -0.39 is 0 Å². The van der Waals surface area contributed by atoms with E-state index in [4.69, 9.17) is 9.72 Å². The summed E-state index contributed by atoms with van der Waals surface area (Å²) in [5, 5.41) is 1.15. The van der Waals surface area contributed by atoms with Crippen LogP contribution in [0.5, 0.6) is 11.5 Å². The van der Waals surface area contributed by atoms with E-state index in [2.05, 4.69) is 55.1 Å². The number of benzene rings is 3. The van der Waals surface area contributed by atoms with E-state index in [0.717, 1.165) is 47.5 Å². The van der Waals surface area contributed by atoms with Gasteiger partial charge in [0.25, 0.3) is 0 Å². The molecule has 0 spiro atoms. The molecule has 0 radical (unpaired) electrons. The minimum absolute atomic E-state index is 0.840. The Balaban J connectivity index is 1.58. The van der Waals surface area contributed by atoms with E-state index in [1.165, 1.54) is 28.9 Å². The Bertz CT molecular complexity index is 1180. The van der Waals surface area contributed by atoms with Crippen LogP contribution in [0.15, 0.2) is 72.8 Å². The summed E-state index contributed by atoms with van der Waals surface area (Å²) in [6.45, 7) is 5.33. The molecule has 0 bridgehead atoms. The Morgan fingerprint density at radius 1 is 0.933 bits per heavy atom. The highest BCUT2D eigenvalue weighted by molar-refractivity contribution is 5.98. The molecule has 0 saturated heterocycles. The first-order chi connectivity index (χ1) is 14.7. The van der Waals surface area contributed by atoms with Gasteiger partial charge in [-0.15, -0.1) is 0 Å². The smallest absolute Gasteiger partial charge is 0.128 e. The summed E-state index contributed by atoms with van der Waals surface area (Å²) in [6.07, 6.45) is 3.32. The number of pyridine rings is 1. The van der Waals surface area contributed by atoms with Crippen LogP contribution in [-0.2, 0) is 12.8 Å². The second kappa shape index (κ2) is 7.83.